The number of hydrogen-bond donors (Lipinski definition) is 2. The summed E-state index contributed by atoms with van der Waals surface area (Å²) in [6.45, 7) is 1.79. The van der Waals surface area contributed by atoms with Gasteiger partial charge in [-0.05, 0) is 54.5 Å². The third-order valence-corrected chi connectivity index (χ3v) is 6.27. The number of sulfonamides is 1. The van der Waals surface area contributed by atoms with Crippen molar-refractivity contribution in [1.29, 1.82) is 0 Å². The molecule has 146 valence electrons. The van der Waals surface area contributed by atoms with Crippen LogP contribution in [0.3, 0.4) is 0 Å². The van der Waals surface area contributed by atoms with Crippen LogP contribution >= 0.6 is 0 Å². The number of fused-ring (bicyclic) bond motifs is 1. The maximum absolute atomic E-state index is 12.9. The van der Waals surface area contributed by atoms with Gasteiger partial charge in [0.05, 0.1) is 4.90 Å². The van der Waals surface area contributed by atoms with Crippen LogP contribution in [0.4, 0.5) is 5.69 Å². The van der Waals surface area contributed by atoms with Crippen LogP contribution < -0.4 is 10.0 Å². The zero-order valence-corrected chi connectivity index (χ0v) is 16.5. The van der Waals surface area contributed by atoms with E-state index in [4.69, 9.17) is 0 Å². The van der Waals surface area contributed by atoms with Crippen molar-refractivity contribution in [2.75, 3.05) is 5.32 Å². The highest BCUT2D eigenvalue weighted by Gasteiger charge is 2.27. The van der Waals surface area contributed by atoms with Crippen molar-refractivity contribution >= 4 is 33.3 Å². The molecule has 0 spiro atoms. The number of anilines is 1. The Labute approximate surface area is 169 Å². The molecule has 2 aromatic carbocycles. The van der Waals surface area contributed by atoms with E-state index in [1.165, 1.54) is 12.1 Å². The summed E-state index contributed by atoms with van der Waals surface area (Å²) in [5.74, 6) is -0.267. The van der Waals surface area contributed by atoms with Crippen LogP contribution in [0, 0.1) is 0 Å². The fraction of sp³-hybridized carbons (Fsp3) is 0.0909. The molecule has 1 unspecified atom stereocenters. The van der Waals surface area contributed by atoms with E-state index in [9.17, 15) is 13.2 Å². The monoisotopic (exact) mass is 405 g/mol. The van der Waals surface area contributed by atoms with E-state index in [1.54, 1.807) is 43.6 Å². The predicted octanol–water partition coefficient (Wildman–Crippen LogP) is 3.61. The van der Waals surface area contributed by atoms with E-state index in [-0.39, 0.29) is 16.8 Å². The zero-order chi connectivity index (χ0) is 20.4. The molecule has 0 radical (unpaired) electrons. The summed E-state index contributed by atoms with van der Waals surface area (Å²) in [5, 5.41) is 2.77. The Morgan fingerprint density at radius 3 is 2.48 bits per heavy atom. The molecule has 0 fully saturated rings. The third kappa shape index (κ3) is 3.96. The number of nitrogens with one attached hydrogen (secondary N) is 2. The number of rotatable bonds is 5. The first-order valence-corrected chi connectivity index (χ1v) is 10.6. The Morgan fingerprint density at radius 2 is 1.76 bits per heavy atom. The molecule has 3 aromatic rings. The Balaban J connectivity index is 1.67. The van der Waals surface area contributed by atoms with Crippen molar-refractivity contribution in [3.05, 3.63) is 89.7 Å². The van der Waals surface area contributed by atoms with Gasteiger partial charge in [-0.3, -0.25) is 9.78 Å². The molecular weight excluding hydrogens is 386 g/mol. The average Bonchev–Trinajstić information content (AvgIpc) is 3.03. The van der Waals surface area contributed by atoms with Gasteiger partial charge in [0.1, 0.15) is 0 Å². The summed E-state index contributed by atoms with van der Waals surface area (Å²) < 4.78 is 28.5. The molecule has 6 nitrogen and oxygen atoms in total. The first kappa shape index (κ1) is 19.0. The summed E-state index contributed by atoms with van der Waals surface area (Å²) in [6.07, 6.45) is 4.99. The third-order valence-electron chi connectivity index (χ3n) is 4.73. The lowest BCUT2D eigenvalue weighted by molar-refractivity contribution is -0.110. The van der Waals surface area contributed by atoms with Crippen LogP contribution in [0.5, 0.6) is 0 Å². The van der Waals surface area contributed by atoms with E-state index in [1.807, 2.05) is 30.3 Å². The summed E-state index contributed by atoms with van der Waals surface area (Å²) in [4.78, 5) is 16.5. The van der Waals surface area contributed by atoms with Crippen molar-refractivity contribution < 1.29 is 13.2 Å². The number of carbonyl (C=O) groups excluding carboxylic acids is 1. The van der Waals surface area contributed by atoms with Crippen LogP contribution in [0.1, 0.15) is 29.7 Å². The quantitative estimate of drug-likeness (QED) is 0.635. The second-order valence-corrected chi connectivity index (χ2v) is 8.47. The van der Waals surface area contributed by atoms with Gasteiger partial charge in [0, 0.05) is 35.3 Å². The van der Waals surface area contributed by atoms with Crippen LogP contribution in [-0.4, -0.2) is 19.3 Å². The van der Waals surface area contributed by atoms with Crippen LogP contribution in [0.15, 0.2) is 78.0 Å². The molecule has 7 heteroatoms. The fourth-order valence-electron chi connectivity index (χ4n) is 3.21. The molecule has 0 aliphatic carbocycles. The summed E-state index contributed by atoms with van der Waals surface area (Å²) in [5.41, 5.74) is 3.24. The molecule has 2 N–H and O–H groups in total. The van der Waals surface area contributed by atoms with E-state index in [2.05, 4.69) is 15.0 Å². The SMILES string of the molecule is CC(NS(=O)(=O)c1ccc2c(c1)/C(=C\c1ccncc1)C(=O)N2)c1ccccc1. The molecule has 1 aromatic heterocycles. The van der Waals surface area contributed by atoms with Crippen molar-refractivity contribution in [2.45, 2.75) is 17.9 Å². The van der Waals surface area contributed by atoms with Crippen molar-refractivity contribution in [3.8, 4) is 0 Å². The second kappa shape index (κ2) is 7.62. The van der Waals surface area contributed by atoms with Gasteiger partial charge in [-0.25, -0.2) is 13.1 Å². The lowest BCUT2D eigenvalue weighted by Gasteiger charge is -2.15. The highest BCUT2D eigenvalue weighted by atomic mass is 32.2. The molecule has 0 bridgehead atoms. The zero-order valence-electron chi connectivity index (χ0n) is 15.7. The maximum Gasteiger partial charge on any atom is 0.256 e. The number of benzene rings is 2. The lowest BCUT2D eigenvalue weighted by atomic mass is 10.0. The fourth-order valence-corrected chi connectivity index (χ4v) is 4.47. The smallest absolute Gasteiger partial charge is 0.256 e. The molecule has 1 aliphatic rings. The van der Waals surface area contributed by atoms with E-state index < -0.39 is 10.0 Å². The van der Waals surface area contributed by atoms with Crippen LogP contribution in [-0.2, 0) is 14.8 Å². The van der Waals surface area contributed by atoms with Gasteiger partial charge in [0.2, 0.25) is 10.0 Å². The van der Waals surface area contributed by atoms with Crippen molar-refractivity contribution in [2.24, 2.45) is 0 Å². The first-order valence-electron chi connectivity index (χ1n) is 9.09. The Morgan fingerprint density at radius 1 is 1.03 bits per heavy atom. The van der Waals surface area contributed by atoms with Gasteiger partial charge in [0.15, 0.2) is 0 Å². The van der Waals surface area contributed by atoms with Crippen molar-refractivity contribution in [1.82, 2.24) is 9.71 Å². The molecule has 0 saturated heterocycles. The summed E-state index contributed by atoms with van der Waals surface area (Å²) in [7, 11) is -3.77. The number of amides is 1. The number of carbonyl (C=O) groups is 1. The molecular formula is C22H19N3O3S. The minimum Gasteiger partial charge on any atom is -0.321 e. The second-order valence-electron chi connectivity index (χ2n) is 6.75. The normalized spacial score (nSPS) is 15.8. The lowest BCUT2D eigenvalue weighted by Crippen LogP contribution is -2.26. The molecule has 4 rings (SSSR count). The molecule has 1 aliphatic heterocycles. The topological polar surface area (TPSA) is 88.2 Å². The van der Waals surface area contributed by atoms with Crippen molar-refractivity contribution in [3.63, 3.8) is 0 Å². The molecule has 1 atom stereocenters. The summed E-state index contributed by atoms with van der Waals surface area (Å²) in [6, 6.07) is 17.2. The van der Waals surface area contributed by atoms with Gasteiger partial charge in [-0.2, -0.15) is 0 Å². The van der Waals surface area contributed by atoms with E-state index in [0.29, 0.717) is 16.8 Å². The molecule has 0 saturated carbocycles. The highest BCUT2D eigenvalue weighted by molar-refractivity contribution is 7.89. The molecule has 2 heterocycles. The standard InChI is InChI=1S/C22H19N3O3S/c1-15(17-5-3-2-4-6-17)25-29(27,28)18-7-8-21-19(14-18)20(22(26)24-21)13-16-9-11-23-12-10-16/h2-15,25H,1H3,(H,24,26)/b20-13+. The highest BCUT2D eigenvalue weighted by Crippen LogP contribution is 2.35. The Kier molecular flexibility index (Phi) is 5.00. The summed E-state index contributed by atoms with van der Waals surface area (Å²) >= 11 is 0. The van der Waals surface area contributed by atoms with Crippen LogP contribution in [0.25, 0.3) is 11.6 Å². The number of hydrogen-bond acceptors (Lipinski definition) is 4. The molecule has 29 heavy (non-hydrogen) atoms. The van der Waals surface area contributed by atoms with Crippen LogP contribution in [0.2, 0.25) is 0 Å². The van der Waals surface area contributed by atoms with Gasteiger partial charge < -0.3 is 5.32 Å². The van der Waals surface area contributed by atoms with E-state index >= 15 is 0 Å². The van der Waals surface area contributed by atoms with Gasteiger partial charge >= 0.3 is 0 Å². The Bertz CT molecular complexity index is 1190. The Hall–Kier alpha value is -3.29. The van der Waals surface area contributed by atoms with Gasteiger partial charge in [0.25, 0.3) is 5.91 Å². The average molecular weight is 405 g/mol. The first-order chi connectivity index (χ1) is 13.9. The minimum atomic E-state index is -3.77. The predicted molar refractivity (Wildman–Crippen MR) is 112 cm³/mol. The maximum atomic E-state index is 12.9. The largest absolute Gasteiger partial charge is 0.321 e. The minimum absolute atomic E-state index is 0.108. The number of nitrogens with zero attached hydrogens (tertiary/aromatic N) is 1. The number of aromatic nitrogens is 1. The molecule has 1 amide bonds. The number of pyridine rings is 1. The van der Waals surface area contributed by atoms with Gasteiger partial charge in [-0.15, -0.1) is 0 Å². The van der Waals surface area contributed by atoms with E-state index in [0.717, 1.165) is 11.1 Å². The van der Waals surface area contributed by atoms with Gasteiger partial charge in [-0.1, -0.05) is 30.3 Å².